The lowest BCUT2D eigenvalue weighted by Crippen LogP contribution is -2.44. The number of hydrogen-bond acceptors (Lipinski definition) is 7. The summed E-state index contributed by atoms with van der Waals surface area (Å²) in [6.45, 7) is -0.0739. The van der Waals surface area contributed by atoms with E-state index in [1.165, 1.54) is 24.6 Å². The third-order valence-corrected chi connectivity index (χ3v) is 5.07. The van der Waals surface area contributed by atoms with Crippen LogP contribution >= 0.6 is 0 Å². The highest BCUT2D eigenvalue weighted by molar-refractivity contribution is 7.92. The maximum atomic E-state index is 14.9. The van der Waals surface area contributed by atoms with Crippen LogP contribution in [0.5, 0.6) is 5.75 Å². The van der Waals surface area contributed by atoms with Gasteiger partial charge in [-0.3, -0.25) is 4.79 Å². The van der Waals surface area contributed by atoms with Crippen molar-refractivity contribution >= 4 is 43.7 Å². The molecule has 0 aliphatic rings. The van der Waals surface area contributed by atoms with E-state index in [2.05, 4.69) is 19.6 Å². The molecule has 1 amide bonds. The van der Waals surface area contributed by atoms with Gasteiger partial charge in [0, 0.05) is 34.4 Å². The molecule has 14 heteroatoms. The zero-order valence-electron chi connectivity index (χ0n) is 18.6. The average Bonchev–Trinajstić information content (AvgIpc) is 2.71. The van der Waals surface area contributed by atoms with Gasteiger partial charge >= 0.3 is 6.18 Å². The first-order valence-electron chi connectivity index (χ1n) is 9.90. The molecule has 2 N–H and O–H groups in total. The van der Waals surface area contributed by atoms with Crippen LogP contribution in [0.3, 0.4) is 0 Å². The van der Waals surface area contributed by atoms with Gasteiger partial charge in [-0.1, -0.05) is 0 Å². The van der Waals surface area contributed by atoms with Crippen molar-refractivity contribution in [3.8, 4) is 5.75 Å². The van der Waals surface area contributed by atoms with Crippen LogP contribution < -0.4 is 15.4 Å². The summed E-state index contributed by atoms with van der Waals surface area (Å²) < 4.78 is 87.7. The standard InChI is InChI=1S/C21H20F5N5O3S/c1-11(21(24,25)26)29-18(32)9-34-17-6-12(22)4-5-15(17)30-20-19-14(23)7-13(31-35(2,3)33)8-16(19)27-10-28-20/h4-8,10-11H,9H2,1-3H3,(H,29,32)(H,27,28,30). The van der Waals surface area contributed by atoms with Crippen molar-refractivity contribution in [2.45, 2.75) is 19.1 Å². The molecule has 3 rings (SSSR count). The number of benzene rings is 2. The van der Waals surface area contributed by atoms with Gasteiger partial charge in [-0.15, -0.1) is 0 Å². The number of amides is 1. The van der Waals surface area contributed by atoms with Crippen LogP contribution in [-0.4, -0.2) is 51.4 Å². The Morgan fingerprint density at radius 1 is 1.17 bits per heavy atom. The van der Waals surface area contributed by atoms with Crippen LogP contribution in [0.1, 0.15) is 6.92 Å². The van der Waals surface area contributed by atoms with E-state index >= 15 is 0 Å². The van der Waals surface area contributed by atoms with E-state index in [-0.39, 0.29) is 33.8 Å². The summed E-state index contributed by atoms with van der Waals surface area (Å²) in [4.78, 5) is 19.8. The Kier molecular flexibility index (Phi) is 7.43. The monoisotopic (exact) mass is 517 g/mol. The van der Waals surface area contributed by atoms with Gasteiger partial charge in [0.1, 0.15) is 35.6 Å². The maximum absolute atomic E-state index is 14.9. The molecule has 0 aliphatic carbocycles. The number of carbonyl (C=O) groups excluding carboxylic acids is 1. The summed E-state index contributed by atoms with van der Waals surface area (Å²) in [5, 5.41) is 4.42. The Labute approximate surface area is 197 Å². The van der Waals surface area contributed by atoms with Gasteiger partial charge in [0.15, 0.2) is 6.61 Å². The molecule has 1 atom stereocenters. The highest BCUT2D eigenvalue weighted by atomic mass is 32.2. The highest BCUT2D eigenvalue weighted by Crippen LogP contribution is 2.33. The van der Waals surface area contributed by atoms with Crippen molar-refractivity contribution < 1.29 is 35.7 Å². The fourth-order valence-electron chi connectivity index (χ4n) is 2.88. The van der Waals surface area contributed by atoms with Crippen molar-refractivity contribution in [3.63, 3.8) is 0 Å². The minimum Gasteiger partial charge on any atom is -0.481 e. The van der Waals surface area contributed by atoms with E-state index < -0.39 is 46.1 Å². The summed E-state index contributed by atoms with van der Waals surface area (Å²) >= 11 is 0. The van der Waals surface area contributed by atoms with Crippen LogP contribution in [0, 0.1) is 11.6 Å². The third kappa shape index (κ3) is 6.97. The van der Waals surface area contributed by atoms with Gasteiger partial charge in [-0.25, -0.2) is 23.0 Å². The maximum Gasteiger partial charge on any atom is 0.408 e. The van der Waals surface area contributed by atoms with Crippen LogP contribution in [0.25, 0.3) is 10.9 Å². The zero-order valence-corrected chi connectivity index (χ0v) is 19.4. The number of nitrogens with zero attached hydrogens (tertiary/aromatic N) is 3. The number of halogens is 5. The van der Waals surface area contributed by atoms with Crippen LogP contribution in [0.4, 0.5) is 39.1 Å². The molecular weight excluding hydrogens is 497 g/mol. The first kappa shape index (κ1) is 26.1. The van der Waals surface area contributed by atoms with E-state index in [0.29, 0.717) is 0 Å². The second-order valence-electron chi connectivity index (χ2n) is 7.70. The Bertz CT molecular complexity index is 1380. The summed E-state index contributed by atoms with van der Waals surface area (Å²) in [7, 11) is -2.56. The quantitative estimate of drug-likeness (QED) is 0.449. The number of carbonyl (C=O) groups is 1. The Balaban J connectivity index is 1.89. The number of anilines is 2. The van der Waals surface area contributed by atoms with Crippen molar-refractivity contribution in [2.75, 3.05) is 24.4 Å². The Hall–Kier alpha value is -3.55. The lowest BCUT2D eigenvalue weighted by molar-refractivity contribution is -0.158. The van der Waals surface area contributed by atoms with Gasteiger partial charge < -0.3 is 15.4 Å². The smallest absolute Gasteiger partial charge is 0.408 e. The summed E-state index contributed by atoms with van der Waals surface area (Å²) in [5.74, 6) is -2.88. The van der Waals surface area contributed by atoms with Crippen molar-refractivity contribution in [3.05, 3.63) is 48.3 Å². The molecule has 0 fully saturated rings. The molecule has 8 nitrogen and oxygen atoms in total. The molecule has 0 saturated carbocycles. The predicted octanol–water partition coefficient (Wildman–Crippen LogP) is 4.46. The van der Waals surface area contributed by atoms with Crippen molar-refractivity contribution in [2.24, 2.45) is 4.36 Å². The number of ether oxygens (including phenoxy) is 1. The number of fused-ring (bicyclic) bond motifs is 1. The third-order valence-electron chi connectivity index (χ3n) is 4.42. The number of nitrogens with one attached hydrogen (secondary N) is 2. The average molecular weight is 517 g/mol. The van der Waals surface area contributed by atoms with E-state index in [0.717, 1.165) is 31.5 Å². The predicted molar refractivity (Wildman–Crippen MR) is 120 cm³/mol. The molecule has 2 aromatic carbocycles. The summed E-state index contributed by atoms with van der Waals surface area (Å²) in [6, 6.07) is 3.53. The largest absolute Gasteiger partial charge is 0.481 e. The van der Waals surface area contributed by atoms with Gasteiger partial charge in [-0.2, -0.15) is 17.5 Å². The highest BCUT2D eigenvalue weighted by Gasteiger charge is 2.37. The van der Waals surface area contributed by atoms with Crippen molar-refractivity contribution in [1.82, 2.24) is 15.3 Å². The first-order valence-corrected chi connectivity index (χ1v) is 12.2. The van der Waals surface area contributed by atoms with E-state index in [9.17, 15) is 31.0 Å². The first-order chi connectivity index (χ1) is 16.2. The fourth-order valence-corrected chi connectivity index (χ4v) is 3.50. The molecule has 3 aromatic rings. The van der Waals surface area contributed by atoms with Gasteiger partial charge in [0.05, 0.1) is 22.3 Å². The van der Waals surface area contributed by atoms with E-state index in [4.69, 9.17) is 4.74 Å². The molecule has 0 radical (unpaired) electrons. The topological polar surface area (TPSA) is 106 Å². The molecule has 1 aromatic heterocycles. The number of aromatic nitrogens is 2. The summed E-state index contributed by atoms with van der Waals surface area (Å²) in [6.07, 6.45) is -0.735. The van der Waals surface area contributed by atoms with Crippen LogP contribution in [-0.2, 0) is 14.5 Å². The van der Waals surface area contributed by atoms with Gasteiger partial charge in [0.2, 0.25) is 0 Å². The number of alkyl halides is 3. The molecule has 1 heterocycles. The molecule has 188 valence electrons. The lowest BCUT2D eigenvalue weighted by atomic mass is 10.2. The molecular formula is C21H20F5N5O3S. The zero-order chi connectivity index (χ0) is 26.0. The molecule has 35 heavy (non-hydrogen) atoms. The molecule has 0 saturated heterocycles. The van der Waals surface area contributed by atoms with Gasteiger partial charge in [0.25, 0.3) is 5.91 Å². The molecule has 1 unspecified atom stereocenters. The second kappa shape index (κ2) is 9.98. The summed E-state index contributed by atoms with van der Waals surface area (Å²) in [5.41, 5.74) is 0.302. The second-order valence-corrected chi connectivity index (χ2v) is 10.2. The van der Waals surface area contributed by atoms with Gasteiger partial charge in [-0.05, 0) is 25.1 Å². The van der Waals surface area contributed by atoms with Crippen molar-refractivity contribution in [1.29, 1.82) is 0 Å². The lowest BCUT2D eigenvalue weighted by Gasteiger charge is -2.18. The fraction of sp³-hybridized carbons (Fsp3) is 0.286. The SMILES string of the molecule is CC(NC(=O)COc1cc(F)ccc1Nc1ncnc2cc(N=S(C)(C)=O)cc(F)c12)C(F)(F)F. The van der Waals surface area contributed by atoms with Crippen LogP contribution in [0.15, 0.2) is 41.0 Å². The Morgan fingerprint density at radius 2 is 1.89 bits per heavy atom. The molecule has 0 aliphatic heterocycles. The van der Waals surface area contributed by atoms with E-state index in [1.807, 2.05) is 0 Å². The number of hydrogen-bond donors (Lipinski definition) is 2. The number of rotatable bonds is 7. The Morgan fingerprint density at radius 3 is 2.54 bits per heavy atom. The van der Waals surface area contributed by atoms with E-state index in [1.54, 1.807) is 5.32 Å². The normalized spacial score (nSPS) is 12.8. The minimum absolute atomic E-state index is 0.0422. The molecule has 0 spiro atoms. The minimum atomic E-state index is -4.64. The van der Waals surface area contributed by atoms with Crippen LogP contribution in [0.2, 0.25) is 0 Å². The molecule has 0 bridgehead atoms.